The zero-order chi connectivity index (χ0) is 15.0. The van der Waals surface area contributed by atoms with Gasteiger partial charge in [0.2, 0.25) is 0 Å². The van der Waals surface area contributed by atoms with E-state index < -0.39 is 0 Å². The second-order valence-corrected chi connectivity index (χ2v) is 7.48. The molecular weight excluding hydrogens is 280 g/mol. The van der Waals surface area contributed by atoms with E-state index in [2.05, 4.69) is 19.2 Å². The Morgan fingerprint density at radius 1 is 1.19 bits per heavy atom. The van der Waals surface area contributed by atoms with Gasteiger partial charge in [-0.25, -0.2) is 0 Å². The molecule has 1 saturated carbocycles. The number of nitrogen functional groups attached to an aromatic ring is 1. The highest BCUT2D eigenvalue weighted by atomic mass is 32.1. The van der Waals surface area contributed by atoms with Crippen molar-refractivity contribution in [1.82, 2.24) is 5.32 Å². The van der Waals surface area contributed by atoms with E-state index in [0.717, 1.165) is 22.9 Å². The first-order valence-corrected chi connectivity index (χ1v) is 8.44. The van der Waals surface area contributed by atoms with E-state index >= 15 is 0 Å². The minimum atomic E-state index is -0.0139. The Kier molecular flexibility index (Phi) is 3.89. The third-order valence-electron chi connectivity index (χ3n) is 4.35. The molecule has 1 aliphatic rings. The molecule has 1 fully saturated rings. The van der Waals surface area contributed by atoms with Crippen LogP contribution in [0, 0.1) is 11.8 Å². The SMILES string of the molecule is CC1CC(C)CC(NC(=O)c2sc3ccccc3c2N)C1. The maximum absolute atomic E-state index is 12.5. The van der Waals surface area contributed by atoms with Crippen LogP contribution in [0.2, 0.25) is 0 Å². The van der Waals surface area contributed by atoms with Crippen molar-refractivity contribution >= 4 is 33.0 Å². The summed E-state index contributed by atoms with van der Waals surface area (Å²) in [6.45, 7) is 4.53. The summed E-state index contributed by atoms with van der Waals surface area (Å²) in [4.78, 5) is 13.2. The van der Waals surface area contributed by atoms with Crippen molar-refractivity contribution in [3.63, 3.8) is 0 Å². The number of anilines is 1. The molecule has 1 aromatic carbocycles. The maximum atomic E-state index is 12.5. The fraction of sp³-hybridized carbons (Fsp3) is 0.471. The van der Waals surface area contributed by atoms with E-state index in [1.165, 1.54) is 17.8 Å². The maximum Gasteiger partial charge on any atom is 0.263 e. The molecule has 2 unspecified atom stereocenters. The van der Waals surface area contributed by atoms with Crippen LogP contribution in [-0.2, 0) is 0 Å². The molecule has 4 heteroatoms. The average Bonchev–Trinajstić information content (AvgIpc) is 2.76. The fourth-order valence-electron chi connectivity index (χ4n) is 3.55. The monoisotopic (exact) mass is 302 g/mol. The lowest BCUT2D eigenvalue weighted by atomic mass is 9.80. The molecule has 3 N–H and O–H groups in total. The van der Waals surface area contributed by atoms with Crippen LogP contribution in [-0.4, -0.2) is 11.9 Å². The number of carbonyl (C=O) groups is 1. The molecule has 2 atom stereocenters. The number of rotatable bonds is 2. The lowest BCUT2D eigenvalue weighted by molar-refractivity contribution is 0.0916. The van der Waals surface area contributed by atoms with Crippen molar-refractivity contribution in [2.24, 2.45) is 11.8 Å². The molecule has 2 aromatic rings. The Bertz CT molecular complexity index is 654. The zero-order valence-corrected chi connectivity index (χ0v) is 13.4. The number of carbonyl (C=O) groups excluding carboxylic acids is 1. The molecule has 3 rings (SSSR count). The standard InChI is InChI=1S/C17H22N2OS/c1-10-7-11(2)9-12(8-10)19-17(20)16-15(18)13-5-3-4-6-14(13)21-16/h3-6,10-12H,7-9,18H2,1-2H3,(H,19,20). The lowest BCUT2D eigenvalue weighted by Crippen LogP contribution is -2.39. The summed E-state index contributed by atoms with van der Waals surface area (Å²) in [7, 11) is 0. The van der Waals surface area contributed by atoms with Crippen LogP contribution >= 0.6 is 11.3 Å². The quantitative estimate of drug-likeness (QED) is 0.879. The van der Waals surface area contributed by atoms with Gasteiger partial charge in [0.25, 0.3) is 5.91 Å². The highest BCUT2D eigenvalue weighted by Crippen LogP contribution is 2.34. The number of thiophene rings is 1. The summed E-state index contributed by atoms with van der Waals surface area (Å²) in [5.74, 6) is 1.35. The van der Waals surface area contributed by atoms with E-state index in [4.69, 9.17) is 5.73 Å². The molecule has 1 aliphatic carbocycles. The van der Waals surface area contributed by atoms with Gasteiger partial charge in [-0.2, -0.15) is 0 Å². The number of fused-ring (bicyclic) bond motifs is 1. The first-order chi connectivity index (χ1) is 10.0. The predicted octanol–water partition coefficient (Wildman–Crippen LogP) is 4.04. The van der Waals surface area contributed by atoms with Crippen molar-refractivity contribution < 1.29 is 4.79 Å². The lowest BCUT2D eigenvalue weighted by Gasteiger charge is -2.31. The van der Waals surface area contributed by atoms with Crippen LogP contribution in [0.25, 0.3) is 10.1 Å². The third kappa shape index (κ3) is 2.91. The van der Waals surface area contributed by atoms with Crippen LogP contribution in [0.3, 0.4) is 0 Å². The highest BCUT2D eigenvalue weighted by Gasteiger charge is 2.26. The summed E-state index contributed by atoms with van der Waals surface area (Å²) < 4.78 is 1.07. The number of nitrogens with two attached hydrogens (primary N) is 1. The molecule has 1 amide bonds. The summed E-state index contributed by atoms with van der Waals surface area (Å²) >= 11 is 1.49. The summed E-state index contributed by atoms with van der Waals surface area (Å²) in [6, 6.07) is 8.20. The Morgan fingerprint density at radius 3 is 2.52 bits per heavy atom. The fourth-order valence-corrected chi connectivity index (χ4v) is 4.58. The molecule has 0 bridgehead atoms. The van der Waals surface area contributed by atoms with Crippen molar-refractivity contribution in [3.05, 3.63) is 29.1 Å². The summed E-state index contributed by atoms with van der Waals surface area (Å²) in [5.41, 5.74) is 6.76. The molecule has 0 radical (unpaired) electrons. The Hall–Kier alpha value is -1.55. The summed E-state index contributed by atoms with van der Waals surface area (Å²) in [6.07, 6.45) is 3.40. The molecule has 3 nitrogen and oxygen atoms in total. The smallest absolute Gasteiger partial charge is 0.263 e. The van der Waals surface area contributed by atoms with Gasteiger partial charge >= 0.3 is 0 Å². The Labute approximate surface area is 129 Å². The van der Waals surface area contributed by atoms with Crippen molar-refractivity contribution in [2.75, 3.05) is 5.73 Å². The predicted molar refractivity (Wildman–Crippen MR) is 89.7 cm³/mol. The van der Waals surface area contributed by atoms with Crippen LogP contribution in [0.15, 0.2) is 24.3 Å². The number of benzene rings is 1. The van der Waals surface area contributed by atoms with Gasteiger partial charge in [-0.15, -0.1) is 11.3 Å². The van der Waals surface area contributed by atoms with E-state index in [1.54, 1.807) is 0 Å². The molecule has 21 heavy (non-hydrogen) atoms. The van der Waals surface area contributed by atoms with Crippen LogP contribution in [0.4, 0.5) is 5.69 Å². The zero-order valence-electron chi connectivity index (χ0n) is 12.6. The van der Waals surface area contributed by atoms with Crippen LogP contribution in [0.5, 0.6) is 0 Å². The number of hydrogen-bond donors (Lipinski definition) is 2. The first kappa shape index (κ1) is 14.4. The van der Waals surface area contributed by atoms with E-state index in [-0.39, 0.29) is 11.9 Å². The Balaban J connectivity index is 1.79. The molecule has 0 aliphatic heterocycles. The van der Waals surface area contributed by atoms with Crippen LogP contribution in [0.1, 0.15) is 42.8 Å². The van der Waals surface area contributed by atoms with Crippen molar-refractivity contribution in [1.29, 1.82) is 0 Å². The topological polar surface area (TPSA) is 55.1 Å². The number of amides is 1. The normalized spacial score (nSPS) is 25.9. The minimum absolute atomic E-state index is 0.0139. The third-order valence-corrected chi connectivity index (χ3v) is 5.54. The Morgan fingerprint density at radius 2 is 1.86 bits per heavy atom. The highest BCUT2D eigenvalue weighted by molar-refractivity contribution is 7.21. The first-order valence-electron chi connectivity index (χ1n) is 7.62. The van der Waals surface area contributed by atoms with Gasteiger partial charge in [0.15, 0.2) is 0 Å². The van der Waals surface area contributed by atoms with Gasteiger partial charge in [0.1, 0.15) is 4.88 Å². The van der Waals surface area contributed by atoms with E-state index in [9.17, 15) is 4.79 Å². The largest absolute Gasteiger partial charge is 0.397 e. The van der Waals surface area contributed by atoms with Crippen molar-refractivity contribution in [3.8, 4) is 0 Å². The van der Waals surface area contributed by atoms with Gasteiger partial charge in [-0.1, -0.05) is 32.0 Å². The van der Waals surface area contributed by atoms with Crippen LogP contribution < -0.4 is 11.1 Å². The van der Waals surface area contributed by atoms with E-state index in [0.29, 0.717) is 22.4 Å². The average molecular weight is 302 g/mol. The van der Waals surface area contributed by atoms with Gasteiger partial charge in [-0.05, 0) is 37.2 Å². The molecule has 112 valence electrons. The van der Waals surface area contributed by atoms with Gasteiger partial charge in [0, 0.05) is 16.1 Å². The van der Waals surface area contributed by atoms with Crippen molar-refractivity contribution in [2.45, 2.75) is 39.2 Å². The summed E-state index contributed by atoms with van der Waals surface area (Å²) in [5, 5.41) is 4.17. The number of nitrogens with one attached hydrogen (secondary N) is 1. The molecule has 1 heterocycles. The molecular formula is C17H22N2OS. The van der Waals surface area contributed by atoms with Gasteiger partial charge in [-0.3, -0.25) is 4.79 Å². The molecule has 1 aromatic heterocycles. The van der Waals surface area contributed by atoms with Gasteiger partial charge < -0.3 is 11.1 Å². The van der Waals surface area contributed by atoms with Gasteiger partial charge in [0.05, 0.1) is 5.69 Å². The minimum Gasteiger partial charge on any atom is -0.397 e. The second-order valence-electron chi connectivity index (χ2n) is 6.43. The second kappa shape index (κ2) is 5.68. The van der Waals surface area contributed by atoms with E-state index in [1.807, 2.05) is 24.3 Å². The number of hydrogen-bond acceptors (Lipinski definition) is 3. The molecule has 0 spiro atoms. The molecule has 0 saturated heterocycles.